The van der Waals surface area contributed by atoms with Crippen LogP contribution in [0.3, 0.4) is 0 Å². The zero-order valence-electron chi connectivity index (χ0n) is 8.51. The number of fused-ring (bicyclic) bond motifs is 1. The maximum absolute atomic E-state index is 10.5. The largest absolute Gasteiger partial charge is 0.489 e. The van der Waals surface area contributed by atoms with Crippen molar-refractivity contribution in [2.24, 2.45) is 5.73 Å². The second kappa shape index (κ2) is 4.24. The Morgan fingerprint density at radius 2 is 2.25 bits per heavy atom. The first-order valence-corrected chi connectivity index (χ1v) is 4.86. The van der Waals surface area contributed by atoms with Gasteiger partial charge in [-0.25, -0.2) is 0 Å². The van der Waals surface area contributed by atoms with Crippen molar-refractivity contribution in [2.45, 2.75) is 6.04 Å². The van der Waals surface area contributed by atoms with Gasteiger partial charge in [0.25, 0.3) is 0 Å². The fraction of sp³-hybridized carbons (Fsp3) is 0.182. The Morgan fingerprint density at radius 1 is 1.50 bits per heavy atom. The van der Waals surface area contributed by atoms with Crippen LogP contribution in [-0.4, -0.2) is 28.7 Å². The smallest absolute Gasteiger partial charge is 0.324 e. The van der Waals surface area contributed by atoms with E-state index in [1.807, 2.05) is 24.3 Å². The van der Waals surface area contributed by atoms with Crippen molar-refractivity contribution in [1.29, 1.82) is 0 Å². The van der Waals surface area contributed by atoms with E-state index in [1.54, 1.807) is 6.20 Å². The zero-order valence-corrected chi connectivity index (χ0v) is 8.51. The van der Waals surface area contributed by atoms with Crippen molar-refractivity contribution in [3.05, 3.63) is 30.5 Å². The Morgan fingerprint density at radius 3 is 3.00 bits per heavy atom. The minimum absolute atomic E-state index is 0.0445. The Labute approximate surface area is 91.8 Å². The summed E-state index contributed by atoms with van der Waals surface area (Å²) >= 11 is 0. The number of aliphatic carboxylic acids is 1. The van der Waals surface area contributed by atoms with E-state index < -0.39 is 12.0 Å². The third-order valence-electron chi connectivity index (χ3n) is 2.29. The van der Waals surface area contributed by atoms with Gasteiger partial charge in [-0.15, -0.1) is 0 Å². The molecule has 0 saturated heterocycles. The van der Waals surface area contributed by atoms with E-state index in [1.165, 1.54) is 0 Å². The van der Waals surface area contributed by atoms with Gasteiger partial charge >= 0.3 is 5.97 Å². The van der Waals surface area contributed by atoms with Crippen LogP contribution in [0.1, 0.15) is 0 Å². The van der Waals surface area contributed by atoms with Gasteiger partial charge in [-0.05, 0) is 12.1 Å². The molecule has 0 fully saturated rings. The van der Waals surface area contributed by atoms with Gasteiger partial charge in [-0.1, -0.05) is 12.1 Å². The van der Waals surface area contributed by atoms with Gasteiger partial charge in [0.05, 0.1) is 0 Å². The van der Waals surface area contributed by atoms with E-state index in [0.717, 1.165) is 10.9 Å². The molecule has 0 radical (unpaired) electrons. The van der Waals surface area contributed by atoms with Crippen LogP contribution in [0.2, 0.25) is 0 Å². The molecule has 0 aliphatic carbocycles. The molecule has 1 aromatic carbocycles. The number of nitrogens with two attached hydrogens (primary N) is 1. The molecule has 2 rings (SSSR count). The summed E-state index contributed by atoms with van der Waals surface area (Å²) in [6.07, 6.45) is 1.69. The Hall–Kier alpha value is -2.01. The monoisotopic (exact) mass is 220 g/mol. The predicted molar refractivity (Wildman–Crippen MR) is 59.4 cm³/mol. The summed E-state index contributed by atoms with van der Waals surface area (Å²) in [6, 6.07) is 6.60. The number of hydrogen-bond donors (Lipinski definition) is 3. The van der Waals surface area contributed by atoms with Crippen LogP contribution < -0.4 is 10.5 Å². The van der Waals surface area contributed by atoms with E-state index in [0.29, 0.717) is 5.75 Å². The summed E-state index contributed by atoms with van der Waals surface area (Å²) in [5, 5.41) is 9.53. The molecular formula is C11H12N2O3. The van der Waals surface area contributed by atoms with Gasteiger partial charge in [0.2, 0.25) is 0 Å². The van der Waals surface area contributed by atoms with Crippen molar-refractivity contribution in [1.82, 2.24) is 4.98 Å². The molecule has 16 heavy (non-hydrogen) atoms. The van der Waals surface area contributed by atoms with E-state index in [-0.39, 0.29) is 6.61 Å². The van der Waals surface area contributed by atoms with Crippen LogP contribution in [0.4, 0.5) is 0 Å². The van der Waals surface area contributed by atoms with Gasteiger partial charge in [-0.2, -0.15) is 0 Å². The van der Waals surface area contributed by atoms with Gasteiger partial charge in [0, 0.05) is 17.1 Å². The van der Waals surface area contributed by atoms with Crippen LogP contribution in [-0.2, 0) is 4.79 Å². The minimum atomic E-state index is -1.07. The number of aromatic nitrogens is 1. The molecule has 0 saturated carbocycles. The summed E-state index contributed by atoms with van der Waals surface area (Å²) in [4.78, 5) is 13.5. The number of H-pyrrole nitrogens is 1. The molecule has 84 valence electrons. The number of rotatable bonds is 4. The molecule has 4 N–H and O–H groups in total. The Bertz CT molecular complexity index is 507. The first-order valence-electron chi connectivity index (χ1n) is 4.86. The molecule has 5 nitrogen and oxygen atoms in total. The number of carboxylic acids is 1. The number of carboxylic acid groups (broad SMARTS) is 1. The molecule has 1 heterocycles. The highest BCUT2D eigenvalue weighted by Crippen LogP contribution is 2.24. The van der Waals surface area contributed by atoms with Crippen molar-refractivity contribution in [2.75, 3.05) is 6.61 Å². The molecule has 0 bridgehead atoms. The number of para-hydroxylation sites is 1. The molecule has 0 amide bonds. The fourth-order valence-corrected chi connectivity index (χ4v) is 1.42. The second-order valence-corrected chi connectivity index (χ2v) is 3.45. The molecule has 1 aromatic heterocycles. The normalized spacial score (nSPS) is 12.6. The molecule has 1 unspecified atom stereocenters. The Kier molecular flexibility index (Phi) is 2.78. The molecule has 2 aromatic rings. The summed E-state index contributed by atoms with van der Waals surface area (Å²) in [7, 11) is 0. The van der Waals surface area contributed by atoms with Crippen LogP contribution >= 0.6 is 0 Å². The SMILES string of the molecule is NC(COc1c[nH]c2ccccc12)C(=O)O. The molecule has 0 spiro atoms. The molecule has 0 aliphatic rings. The van der Waals surface area contributed by atoms with Crippen molar-refractivity contribution >= 4 is 16.9 Å². The third-order valence-corrected chi connectivity index (χ3v) is 2.29. The number of nitrogens with one attached hydrogen (secondary N) is 1. The maximum atomic E-state index is 10.5. The summed E-state index contributed by atoms with van der Waals surface area (Å²) in [6.45, 7) is -0.0445. The number of aromatic amines is 1. The first-order chi connectivity index (χ1) is 7.68. The highest BCUT2D eigenvalue weighted by molar-refractivity contribution is 5.86. The first kappa shape index (κ1) is 10.5. The zero-order chi connectivity index (χ0) is 11.5. The van der Waals surface area contributed by atoms with Crippen LogP contribution in [0.25, 0.3) is 10.9 Å². The van der Waals surface area contributed by atoms with Gasteiger partial charge in [-0.3, -0.25) is 4.79 Å². The standard InChI is InChI=1S/C11H12N2O3/c12-8(11(14)15)6-16-10-5-13-9-4-2-1-3-7(9)10/h1-5,8,13H,6,12H2,(H,14,15). The van der Waals surface area contributed by atoms with Gasteiger partial charge in [0.1, 0.15) is 18.4 Å². The molecule has 0 aliphatic heterocycles. The molecular weight excluding hydrogens is 208 g/mol. The molecule has 5 heteroatoms. The Balaban J connectivity index is 2.13. The van der Waals surface area contributed by atoms with Crippen LogP contribution in [0.5, 0.6) is 5.75 Å². The lowest BCUT2D eigenvalue weighted by molar-refractivity contribution is -0.139. The van der Waals surface area contributed by atoms with Gasteiger partial charge < -0.3 is 20.6 Å². The number of ether oxygens (including phenoxy) is 1. The van der Waals surface area contributed by atoms with Crippen molar-refractivity contribution in [3.8, 4) is 5.75 Å². The highest BCUT2D eigenvalue weighted by Gasteiger charge is 2.13. The van der Waals surface area contributed by atoms with E-state index in [2.05, 4.69) is 4.98 Å². The number of benzene rings is 1. The summed E-state index contributed by atoms with van der Waals surface area (Å²) in [5.74, 6) is -0.452. The lowest BCUT2D eigenvalue weighted by Gasteiger charge is -2.07. The van der Waals surface area contributed by atoms with E-state index >= 15 is 0 Å². The minimum Gasteiger partial charge on any atom is -0.489 e. The second-order valence-electron chi connectivity index (χ2n) is 3.45. The maximum Gasteiger partial charge on any atom is 0.324 e. The lowest BCUT2D eigenvalue weighted by Crippen LogP contribution is -2.36. The number of carbonyl (C=O) groups is 1. The van der Waals surface area contributed by atoms with E-state index in [9.17, 15) is 4.79 Å². The molecule has 1 atom stereocenters. The highest BCUT2D eigenvalue weighted by atomic mass is 16.5. The van der Waals surface area contributed by atoms with Crippen LogP contribution in [0, 0.1) is 0 Å². The van der Waals surface area contributed by atoms with Crippen molar-refractivity contribution < 1.29 is 14.6 Å². The van der Waals surface area contributed by atoms with Crippen LogP contribution in [0.15, 0.2) is 30.5 Å². The summed E-state index contributed by atoms with van der Waals surface area (Å²) in [5.41, 5.74) is 6.29. The quantitative estimate of drug-likeness (QED) is 0.716. The third kappa shape index (κ3) is 1.99. The lowest BCUT2D eigenvalue weighted by atomic mass is 10.2. The summed E-state index contributed by atoms with van der Waals surface area (Å²) < 4.78 is 5.35. The van der Waals surface area contributed by atoms with Gasteiger partial charge in [0.15, 0.2) is 0 Å². The number of hydrogen-bond acceptors (Lipinski definition) is 3. The fourth-order valence-electron chi connectivity index (χ4n) is 1.42. The predicted octanol–water partition coefficient (Wildman–Crippen LogP) is 0.959. The van der Waals surface area contributed by atoms with Crippen molar-refractivity contribution in [3.63, 3.8) is 0 Å². The van der Waals surface area contributed by atoms with E-state index in [4.69, 9.17) is 15.6 Å². The average molecular weight is 220 g/mol. The average Bonchev–Trinajstić information content (AvgIpc) is 2.69. The topological polar surface area (TPSA) is 88.3 Å².